The number of hydrogen-bond donors (Lipinski definition) is 1. The number of methoxy groups -OCH3 is 1. The van der Waals surface area contributed by atoms with Gasteiger partial charge in [0, 0.05) is 20.2 Å². The average Bonchev–Trinajstić information content (AvgIpc) is 2.27. The maximum atomic E-state index is 10.1. The van der Waals surface area contributed by atoms with Crippen LogP contribution >= 0.6 is 0 Å². The molecule has 2 rings (SSSR count). The van der Waals surface area contributed by atoms with E-state index in [0.29, 0.717) is 12.5 Å². The van der Waals surface area contributed by atoms with Crippen LogP contribution in [0.4, 0.5) is 0 Å². The lowest BCUT2D eigenvalue weighted by Gasteiger charge is -2.44. The smallest absolute Gasteiger partial charge is 0.0886 e. The Balaban J connectivity index is 1.76. The van der Waals surface area contributed by atoms with E-state index in [1.54, 1.807) is 7.11 Å². The molecule has 0 unspecified atom stereocenters. The molecule has 1 N–H and O–H groups in total. The standard InChI is InChI=1S/C16H25NO2/c1-13-5-4-6-14(7-13)10-17(2)11-15-8-16(18,9-15)12-19-3/h4-7,15,18H,8-12H2,1-3H3. The number of ether oxygens (including phenoxy) is 1. The molecule has 1 aliphatic rings. The summed E-state index contributed by atoms with van der Waals surface area (Å²) in [6, 6.07) is 8.64. The predicted molar refractivity (Wildman–Crippen MR) is 77.1 cm³/mol. The first-order valence-corrected chi connectivity index (χ1v) is 6.96. The average molecular weight is 263 g/mol. The molecule has 1 aliphatic carbocycles. The molecule has 0 aliphatic heterocycles. The molecule has 0 spiro atoms. The Kier molecular flexibility index (Phi) is 4.61. The molecule has 0 heterocycles. The van der Waals surface area contributed by atoms with Gasteiger partial charge in [-0.05, 0) is 38.3 Å². The summed E-state index contributed by atoms with van der Waals surface area (Å²) in [4.78, 5) is 2.34. The van der Waals surface area contributed by atoms with Gasteiger partial charge in [0.1, 0.15) is 0 Å². The zero-order valence-corrected chi connectivity index (χ0v) is 12.2. The van der Waals surface area contributed by atoms with Gasteiger partial charge in [0.2, 0.25) is 0 Å². The molecule has 19 heavy (non-hydrogen) atoms. The third-order valence-electron chi connectivity index (χ3n) is 3.86. The van der Waals surface area contributed by atoms with Crippen molar-refractivity contribution in [3.8, 4) is 0 Å². The first kappa shape index (κ1) is 14.5. The van der Waals surface area contributed by atoms with Crippen molar-refractivity contribution in [1.82, 2.24) is 4.90 Å². The molecule has 1 aromatic rings. The van der Waals surface area contributed by atoms with Gasteiger partial charge in [0.15, 0.2) is 0 Å². The van der Waals surface area contributed by atoms with Crippen molar-refractivity contribution in [3.63, 3.8) is 0 Å². The molecule has 0 aromatic heterocycles. The van der Waals surface area contributed by atoms with Crippen LogP contribution in [0.1, 0.15) is 24.0 Å². The Labute approximate surface area is 116 Å². The van der Waals surface area contributed by atoms with E-state index in [4.69, 9.17) is 4.74 Å². The number of rotatable bonds is 6. The van der Waals surface area contributed by atoms with Crippen LogP contribution in [0.3, 0.4) is 0 Å². The van der Waals surface area contributed by atoms with Gasteiger partial charge >= 0.3 is 0 Å². The lowest BCUT2D eigenvalue weighted by atomic mass is 9.71. The number of aryl methyl sites for hydroxylation is 1. The first-order valence-electron chi connectivity index (χ1n) is 6.96. The van der Waals surface area contributed by atoms with E-state index in [-0.39, 0.29) is 0 Å². The Morgan fingerprint density at radius 2 is 2.16 bits per heavy atom. The van der Waals surface area contributed by atoms with Crippen LogP contribution in [0.2, 0.25) is 0 Å². The van der Waals surface area contributed by atoms with E-state index in [0.717, 1.165) is 25.9 Å². The first-order chi connectivity index (χ1) is 9.00. The molecule has 1 fully saturated rings. The molecular weight excluding hydrogens is 238 g/mol. The summed E-state index contributed by atoms with van der Waals surface area (Å²) >= 11 is 0. The van der Waals surface area contributed by atoms with Crippen LogP contribution in [-0.2, 0) is 11.3 Å². The number of aliphatic hydroxyl groups is 1. The van der Waals surface area contributed by atoms with Crippen LogP contribution in [0.25, 0.3) is 0 Å². The highest BCUT2D eigenvalue weighted by molar-refractivity contribution is 5.22. The van der Waals surface area contributed by atoms with Crippen molar-refractivity contribution < 1.29 is 9.84 Å². The molecule has 0 atom stereocenters. The topological polar surface area (TPSA) is 32.7 Å². The van der Waals surface area contributed by atoms with Crippen molar-refractivity contribution in [2.45, 2.75) is 31.9 Å². The molecular formula is C16H25NO2. The van der Waals surface area contributed by atoms with Crippen LogP contribution in [0.5, 0.6) is 0 Å². The molecule has 3 heteroatoms. The number of hydrogen-bond acceptors (Lipinski definition) is 3. The summed E-state index contributed by atoms with van der Waals surface area (Å²) < 4.78 is 5.05. The summed E-state index contributed by atoms with van der Waals surface area (Å²) in [5, 5.41) is 10.1. The van der Waals surface area contributed by atoms with Gasteiger partial charge < -0.3 is 14.7 Å². The summed E-state index contributed by atoms with van der Waals surface area (Å²) in [6.45, 7) is 4.60. The fourth-order valence-corrected chi connectivity index (χ4v) is 3.16. The number of nitrogens with zero attached hydrogens (tertiary/aromatic N) is 1. The largest absolute Gasteiger partial charge is 0.387 e. The van der Waals surface area contributed by atoms with E-state index >= 15 is 0 Å². The minimum atomic E-state index is -0.566. The Hall–Kier alpha value is -0.900. The van der Waals surface area contributed by atoms with Crippen molar-refractivity contribution in [2.24, 2.45) is 5.92 Å². The quantitative estimate of drug-likeness (QED) is 0.854. The van der Waals surface area contributed by atoms with Gasteiger partial charge in [-0.3, -0.25) is 0 Å². The van der Waals surface area contributed by atoms with Crippen LogP contribution in [0.15, 0.2) is 24.3 Å². The third-order valence-corrected chi connectivity index (χ3v) is 3.86. The van der Waals surface area contributed by atoms with E-state index in [2.05, 4.69) is 43.1 Å². The monoisotopic (exact) mass is 263 g/mol. The lowest BCUT2D eigenvalue weighted by molar-refractivity contribution is -0.120. The van der Waals surface area contributed by atoms with Crippen LogP contribution in [-0.4, -0.2) is 42.9 Å². The lowest BCUT2D eigenvalue weighted by Crippen LogP contribution is -2.50. The second kappa shape index (κ2) is 6.04. The highest BCUT2D eigenvalue weighted by atomic mass is 16.5. The Morgan fingerprint density at radius 3 is 2.79 bits per heavy atom. The SMILES string of the molecule is COCC1(O)CC(CN(C)Cc2cccc(C)c2)C1. The minimum absolute atomic E-state index is 0.463. The highest BCUT2D eigenvalue weighted by Crippen LogP contribution is 2.38. The minimum Gasteiger partial charge on any atom is -0.387 e. The van der Waals surface area contributed by atoms with Crippen molar-refractivity contribution in [3.05, 3.63) is 35.4 Å². The van der Waals surface area contributed by atoms with E-state index < -0.39 is 5.60 Å². The Bertz CT molecular complexity index is 413. The van der Waals surface area contributed by atoms with Gasteiger partial charge in [0.25, 0.3) is 0 Å². The second-order valence-corrected chi connectivity index (χ2v) is 6.12. The second-order valence-electron chi connectivity index (χ2n) is 6.12. The maximum Gasteiger partial charge on any atom is 0.0886 e. The molecule has 0 radical (unpaired) electrons. The predicted octanol–water partition coefficient (Wildman–Crippen LogP) is 2.21. The summed E-state index contributed by atoms with van der Waals surface area (Å²) in [5.41, 5.74) is 2.10. The summed E-state index contributed by atoms with van der Waals surface area (Å²) in [5.74, 6) is 0.593. The van der Waals surface area contributed by atoms with Gasteiger partial charge in [-0.1, -0.05) is 29.8 Å². The highest BCUT2D eigenvalue weighted by Gasteiger charge is 2.42. The van der Waals surface area contributed by atoms with Crippen molar-refractivity contribution >= 4 is 0 Å². The fraction of sp³-hybridized carbons (Fsp3) is 0.625. The molecule has 3 nitrogen and oxygen atoms in total. The maximum absolute atomic E-state index is 10.1. The van der Waals surface area contributed by atoms with Gasteiger partial charge in [-0.15, -0.1) is 0 Å². The molecule has 1 saturated carbocycles. The van der Waals surface area contributed by atoms with E-state index in [9.17, 15) is 5.11 Å². The molecule has 0 amide bonds. The summed E-state index contributed by atoms with van der Waals surface area (Å²) in [6.07, 6.45) is 1.72. The van der Waals surface area contributed by atoms with Gasteiger partial charge in [-0.25, -0.2) is 0 Å². The van der Waals surface area contributed by atoms with Gasteiger partial charge in [0.05, 0.1) is 12.2 Å². The van der Waals surface area contributed by atoms with E-state index in [1.165, 1.54) is 11.1 Å². The van der Waals surface area contributed by atoms with Crippen LogP contribution < -0.4 is 0 Å². The van der Waals surface area contributed by atoms with Crippen molar-refractivity contribution in [2.75, 3.05) is 27.3 Å². The number of benzene rings is 1. The van der Waals surface area contributed by atoms with Crippen molar-refractivity contribution in [1.29, 1.82) is 0 Å². The van der Waals surface area contributed by atoms with Gasteiger partial charge in [-0.2, -0.15) is 0 Å². The molecule has 1 aromatic carbocycles. The summed E-state index contributed by atoms with van der Waals surface area (Å²) in [7, 11) is 3.80. The normalized spacial score (nSPS) is 26.5. The zero-order chi connectivity index (χ0) is 13.9. The zero-order valence-electron chi connectivity index (χ0n) is 12.2. The third kappa shape index (κ3) is 4.03. The molecule has 0 saturated heterocycles. The fourth-order valence-electron chi connectivity index (χ4n) is 3.16. The molecule has 0 bridgehead atoms. The van der Waals surface area contributed by atoms with E-state index in [1.807, 2.05) is 0 Å². The van der Waals surface area contributed by atoms with Crippen LogP contribution in [0, 0.1) is 12.8 Å². The Morgan fingerprint density at radius 1 is 1.42 bits per heavy atom. The molecule has 106 valence electrons.